The maximum atomic E-state index is 13.5. The Morgan fingerprint density at radius 2 is 1.70 bits per heavy atom. The van der Waals surface area contributed by atoms with Gasteiger partial charge in [-0.15, -0.1) is 0 Å². The zero-order valence-electron chi connectivity index (χ0n) is 17.7. The second-order valence-corrected chi connectivity index (χ2v) is 11.7. The number of nitrogens with zero attached hydrogens (tertiary/aromatic N) is 2. The molecular weight excluding hydrogens is 482 g/mol. The van der Waals surface area contributed by atoms with Crippen LogP contribution in [0.25, 0.3) is 0 Å². The predicted molar refractivity (Wildman–Crippen MR) is 130 cm³/mol. The number of nitrogens with one attached hydrogen (secondary N) is 1. The van der Waals surface area contributed by atoms with E-state index >= 15 is 0 Å². The van der Waals surface area contributed by atoms with Gasteiger partial charge in [0.1, 0.15) is 0 Å². The van der Waals surface area contributed by atoms with Crippen molar-refractivity contribution in [2.45, 2.75) is 24.3 Å². The molecular formula is C23H22ClN3O4S2. The summed E-state index contributed by atoms with van der Waals surface area (Å²) in [5, 5.41) is 4.81. The van der Waals surface area contributed by atoms with E-state index in [1.54, 1.807) is 43.3 Å². The maximum absolute atomic E-state index is 13.5. The van der Waals surface area contributed by atoms with Crippen LogP contribution in [-0.4, -0.2) is 32.7 Å². The summed E-state index contributed by atoms with van der Waals surface area (Å²) in [6.45, 7) is 1.55. The monoisotopic (exact) mass is 503 g/mol. The van der Waals surface area contributed by atoms with Gasteiger partial charge < -0.3 is 0 Å². The van der Waals surface area contributed by atoms with Crippen LogP contribution < -0.4 is 4.72 Å². The molecule has 0 saturated heterocycles. The smallest absolute Gasteiger partial charge is 0.279 e. The van der Waals surface area contributed by atoms with Crippen LogP contribution in [0.15, 0.2) is 88.9 Å². The summed E-state index contributed by atoms with van der Waals surface area (Å²) < 4.78 is 54.6. The first-order valence-electron chi connectivity index (χ1n) is 10.2. The van der Waals surface area contributed by atoms with Crippen molar-refractivity contribution >= 4 is 43.0 Å². The molecule has 0 aromatic heterocycles. The third kappa shape index (κ3) is 5.05. The van der Waals surface area contributed by atoms with Gasteiger partial charge in [-0.3, -0.25) is 4.72 Å². The number of hydrazone groups is 1. The Bertz CT molecular complexity index is 1410. The van der Waals surface area contributed by atoms with Crippen molar-refractivity contribution in [2.24, 2.45) is 5.10 Å². The molecule has 172 valence electrons. The van der Waals surface area contributed by atoms with Crippen molar-refractivity contribution in [1.29, 1.82) is 0 Å². The van der Waals surface area contributed by atoms with Gasteiger partial charge in [0.05, 0.1) is 22.4 Å². The Balaban J connectivity index is 1.77. The van der Waals surface area contributed by atoms with Gasteiger partial charge in [0.2, 0.25) is 10.0 Å². The molecule has 4 rings (SSSR count). The molecule has 33 heavy (non-hydrogen) atoms. The number of hydrogen-bond acceptors (Lipinski definition) is 5. The minimum absolute atomic E-state index is 0.0467. The Hall–Kier alpha value is -2.88. The normalized spacial score (nSPS) is 16.5. The SMILES string of the molecule is CCS(=O)(=O)Nc1cccc(C2=NN(S(=O)(=O)c3cccc(Cl)c3)[C@@H](c3ccccc3)C2)c1. The number of anilines is 1. The zero-order valence-corrected chi connectivity index (χ0v) is 20.1. The van der Waals surface area contributed by atoms with Crippen LogP contribution in [0, 0.1) is 0 Å². The van der Waals surface area contributed by atoms with Crippen molar-refractivity contribution in [1.82, 2.24) is 4.41 Å². The highest BCUT2D eigenvalue weighted by Gasteiger charge is 2.37. The van der Waals surface area contributed by atoms with E-state index in [4.69, 9.17) is 11.6 Å². The average molecular weight is 504 g/mol. The molecule has 0 fully saturated rings. The first kappa shape index (κ1) is 23.3. The summed E-state index contributed by atoms with van der Waals surface area (Å²) >= 11 is 6.04. The molecule has 10 heteroatoms. The second kappa shape index (κ2) is 9.17. The molecule has 0 unspecified atom stereocenters. The van der Waals surface area contributed by atoms with E-state index < -0.39 is 26.1 Å². The molecule has 0 spiro atoms. The molecule has 0 radical (unpaired) electrons. The van der Waals surface area contributed by atoms with Gasteiger partial charge in [-0.2, -0.15) is 17.9 Å². The first-order chi connectivity index (χ1) is 15.7. The topological polar surface area (TPSA) is 95.9 Å². The summed E-state index contributed by atoms with van der Waals surface area (Å²) in [6.07, 6.45) is 0.327. The van der Waals surface area contributed by atoms with Crippen molar-refractivity contribution in [3.63, 3.8) is 0 Å². The zero-order chi connectivity index (χ0) is 23.6. The molecule has 0 saturated carbocycles. The highest BCUT2D eigenvalue weighted by Crippen LogP contribution is 2.37. The quantitative estimate of drug-likeness (QED) is 0.508. The summed E-state index contributed by atoms with van der Waals surface area (Å²) in [7, 11) is -7.44. The molecule has 1 heterocycles. The molecule has 1 N–H and O–H groups in total. The standard InChI is InChI=1S/C23H22ClN3O4S2/c1-2-32(28,29)26-20-12-6-10-18(14-20)22-16-23(17-8-4-3-5-9-17)27(25-22)33(30,31)21-13-7-11-19(24)15-21/h3-15,23,26H,2,16H2,1H3/t23-/m1/s1. The van der Waals surface area contributed by atoms with Crippen molar-refractivity contribution in [3.8, 4) is 0 Å². The first-order valence-corrected chi connectivity index (χ1v) is 13.7. The summed E-state index contributed by atoms with van der Waals surface area (Å²) in [5.74, 6) is -0.0556. The van der Waals surface area contributed by atoms with E-state index in [0.29, 0.717) is 28.4 Å². The van der Waals surface area contributed by atoms with E-state index in [0.717, 1.165) is 9.98 Å². The molecule has 3 aromatic rings. The largest absolute Gasteiger partial charge is 0.284 e. The Morgan fingerprint density at radius 3 is 2.39 bits per heavy atom. The van der Waals surface area contributed by atoms with Gasteiger partial charge in [-0.1, -0.05) is 60.1 Å². The molecule has 0 bridgehead atoms. The molecule has 3 aromatic carbocycles. The molecule has 7 nitrogen and oxygen atoms in total. The van der Waals surface area contributed by atoms with Crippen LogP contribution in [0.4, 0.5) is 5.69 Å². The number of rotatable bonds is 7. The van der Waals surface area contributed by atoms with Gasteiger partial charge >= 0.3 is 0 Å². The van der Waals surface area contributed by atoms with E-state index in [-0.39, 0.29) is 10.6 Å². The number of halogens is 1. The van der Waals surface area contributed by atoms with Crippen LogP contribution in [-0.2, 0) is 20.0 Å². The van der Waals surface area contributed by atoms with Crippen LogP contribution >= 0.6 is 11.6 Å². The Morgan fingerprint density at radius 1 is 0.970 bits per heavy atom. The lowest BCUT2D eigenvalue weighted by Crippen LogP contribution is -2.27. The highest BCUT2D eigenvalue weighted by atomic mass is 35.5. The fraction of sp³-hybridized carbons (Fsp3) is 0.174. The number of hydrogen-bond donors (Lipinski definition) is 1. The third-order valence-electron chi connectivity index (χ3n) is 5.25. The fourth-order valence-electron chi connectivity index (χ4n) is 3.56. The lowest BCUT2D eigenvalue weighted by atomic mass is 9.99. The van der Waals surface area contributed by atoms with Gasteiger partial charge in [0, 0.05) is 17.1 Å². The summed E-state index contributed by atoms with van der Waals surface area (Å²) in [6, 6.07) is 21.6. The average Bonchev–Trinajstić information content (AvgIpc) is 3.26. The van der Waals surface area contributed by atoms with Crippen molar-refractivity contribution in [2.75, 3.05) is 10.5 Å². The van der Waals surface area contributed by atoms with E-state index in [1.165, 1.54) is 12.1 Å². The second-order valence-electron chi connectivity index (χ2n) is 7.50. The minimum Gasteiger partial charge on any atom is -0.284 e. The van der Waals surface area contributed by atoms with Gasteiger partial charge in [-0.05, 0) is 48.4 Å². The molecule has 0 amide bonds. The Labute approximate surface area is 198 Å². The number of benzene rings is 3. The lowest BCUT2D eigenvalue weighted by molar-refractivity contribution is 0.371. The Kier molecular flexibility index (Phi) is 6.47. The fourth-order valence-corrected chi connectivity index (χ4v) is 5.92. The molecule has 1 aliphatic rings. The van der Waals surface area contributed by atoms with Crippen LogP contribution in [0.2, 0.25) is 5.02 Å². The minimum atomic E-state index is -3.99. The van der Waals surface area contributed by atoms with Crippen molar-refractivity contribution in [3.05, 3.63) is 95.0 Å². The van der Waals surface area contributed by atoms with Crippen molar-refractivity contribution < 1.29 is 16.8 Å². The predicted octanol–water partition coefficient (Wildman–Crippen LogP) is 4.64. The molecule has 0 aliphatic carbocycles. The maximum Gasteiger partial charge on any atom is 0.279 e. The van der Waals surface area contributed by atoms with Gasteiger partial charge in [0.25, 0.3) is 10.0 Å². The van der Waals surface area contributed by atoms with Gasteiger partial charge in [0.15, 0.2) is 0 Å². The van der Waals surface area contributed by atoms with E-state index in [2.05, 4.69) is 9.82 Å². The van der Waals surface area contributed by atoms with Crippen LogP contribution in [0.1, 0.15) is 30.5 Å². The highest BCUT2D eigenvalue weighted by molar-refractivity contribution is 7.92. The summed E-state index contributed by atoms with van der Waals surface area (Å²) in [4.78, 5) is 0.0467. The molecule has 1 atom stereocenters. The summed E-state index contributed by atoms with van der Waals surface area (Å²) in [5.41, 5.74) is 2.36. The van der Waals surface area contributed by atoms with Crippen LogP contribution in [0.3, 0.4) is 0 Å². The number of sulfonamides is 2. The van der Waals surface area contributed by atoms with E-state index in [9.17, 15) is 16.8 Å². The van der Waals surface area contributed by atoms with Gasteiger partial charge in [-0.25, -0.2) is 8.42 Å². The molecule has 1 aliphatic heterocycles. The third-order valence-corrected chi connectivity index (χ3v) is 8.47. The lowest BCUT2D eigenvalue weighted by Gasteiger charge is -2.23. The van der Waals surface area contributed by atoms with Crippen LogP contribution in [0.5, 0.6) is 0 Å². The van der Waals surface area contributed by atoms with E-state index in [1.807, 2.05) is 30.3 Å².